The summed E-state index contributed by atoms with van der Waals surface area (Å²) in [7, 11) is 0. The number of amides is 1. The molecule has 0 radical (unpaired) electrons. The van der Waals surface area contributed by atoms with Crippen LogP contribution in [0.4, 0.5) is 11.4 Å². The van der Waals surface area contributed by atoms with E-state index in [2.05, 4.69) is 5.32 Å². The molecular formula is C17H13ClN2O4. The molecule has 122 valence electrons. The van der Waals surface area contributed by atoms with Crippen molar-refractivity contribution >= 4 is 40.5 Å². The molecule has 1 aliphatic heterocycles. The van der Waals surface area contributed by atoms with Crippen molar-refractivity contribution in [3.8, 4) is 5.75 Å². The van der Waals surface area contributed by atoms with Crippen LogP contribution < -0.4 is 5.32 Å². The van der Waals surface area contributed by atoms with E-state index in [-0.39, 0.29) is 22.9 Å². The zero-order valence-electron chi connectivity index (χ0n) is 12.5. The standard InChI is InChI=1S/C17H13ClN2O4/c18-6-5-10-1-3-15-13(7-10)14(17(22)19-15)9-11-8-12(20(23)24)2-4-16(11)21/h1-4,7-9,21H,5-6H2,(H,19,22). The first-order chi connectivity index (χ1) is 11.5. The number of benzene rings is 2. The van der Waals surface area contributed by atoms with Gasteiger partial charge in [0.2, 0.25) is 0 Å². The molecule has 0 aromatic heterocycles. The summed E-state index contributed by atoms with van der Waals surface area (Å²) in [5, 5.41) is 23.6. The highest BCUT2D eigenvalue weighted by Gasteiger charge is 2.25. The van der Waals surface area contributed by atoms with E-state index in [1.54, 1.807) is 6.07 Å². The molecule has 0 bridgehead atoms. The number of fused-ring (bicyclic) bond motifs is 1. The molecule has 7 heteroatoms. The Labute approximate surface area is 142 Å². The normalized spacial score (nSPS) is 14.5. The molecule has 3 rings (SSSR count). The summed E-state index contributed by atoms with van der Waals surface area (Å²) >= 11 is 5.76. The van der Waals surface area contributed by atoms with Crippen LogP contribution in [0.1, 0.15) is 16.7 Å². The Morgan fingerprint density at radius 2 is 2.04 bits per heavy atom. The fourth-order valence-corrected chi connectivity index (χ4v) is 2.79. The number of rotatable bonds is 4. The minimum Gasteiger partial charge on any atom is -0.507 e. The molecule has 6 nitrogen and oxygen atoms in total. The summed E-state index contributed by atoms with van der Waals surface area (Å²) in [6, 6.07) is 9.21. The van der Waals surface area contributed by atoms with E-state index in [1.165, 1.54) is 24.3 Å². The van der Waals surface area contributed by atoms with Crippen LogP contribution in [0.2, 0.25) is 0 Å². The first kappa shape index (κ1) is 16.0. The smallest absolute Gasteiger partial charge is 0.270 e. The third-order valence-electron chi connectivity index (χ3n) is 3.77. The lowest BCUT2D eigenvalue weighted by atomic mass is 10.0. The molecule has 0 aliphatic carbocycles. The van der Waals surface area contributed by atoms with Crippen molar-refractivity contribution in [2.45, 2.75) is 6.42 Å². The number of anilines is 1. The van der Waals surface area contributed by atoms with Crippen molar-refractivity contribution in [2.24, 2.45) is 0 Å². The maximum atomic E-state index is 12.2. The minimum absolute atomic E-state index is 0.133. The molecule has 0 atom stereocenters. The van der Waals surface area contributed by atoms with Crippen LogP contribution in [0, 0.1) is 10.1 Å². The van der Waals surface area contributed by atoms with Gasteiger partial charge in [-0.1, -0.05) is 6.07 Å². The van der Waals surface area contributed by atoms with Gasteiger partial charge in [0.1, 0.15) is 5.75 Å². The van der Waals surface area contributed by atoms with Crippen molar-refractivity contribution < 1.29 is 14.8 Å². The number of halogens is 1. The van der Waals surface area contributed by atoms with E-state index >= 15 is 0 Å². The van der Waals surface area contributed by atoms with Crippen molar-refractivity contribution in [3.05, 3.63) is 63.2 Å². The lowest BCUT2D eigenvalue weighted by Crippen LogP contribution is -2.03. The summed E-state index contributed by atoms with van der Waals surface area (Å²) in [6.07, 6.45) is 2.12. The molecule has 0 spiro atoms. The predicted molar refractivity (Wildman–Crippen MR) is 92.1 cm³/mol. The fraction of sp³-hybridized carbons (Fsp3) is 0.118. The minimum atomic E-state index is -0.553. The Balaban J connectivity index is 2.09. The molecule has 1 heterocycles. The van der Waals surface area contributed by atoms with Crippen LogP contribution in [0.5, 0.6) is 5.75 Å². The van der Waals surface area contributed by atoms with Gasteiger partial charge in [-0.25, -0.2) is 0 Å². The summed E-state index contributed by atoms with van der Waals surface area (Å²) in [5.41, 5.74) is 2.73. The molecule has 0 saturated carbocycles. The van der Waals surface area contributed by atoms with Crippen molar-refractivity contribution in [1.82, 2.24) is 0 Å². The van der Waals surface area contributed by atoms with E-state index in [0.717, 1.165) is 5.56 Å². The van der Waals surface area contributed by atoms with Gasteiger partial charge in [-0.15, -0.1) is 11.6 Å². The molecule has 0 fully saturated rings. The van der Waals surface area contributed by atoms with E-state index in [9.17, 15) is 20.0 Å². The van der Waals surface area contributed by atoms with Crippen molar-refractivity contribution in [1.29, 1.82) is 0 Å². The monoisotopic (exact) mass is 344 g/mol. The molecule has 0 saturated heterocycles. The number of alkyl halides is 1. The quantitative estimate of drug-likeness (QED) is 0.384. The van der Waals surface area contributed by atoms with Crippen LogP contribution >= 0.6 is 11.6 Å². The van der Waals surface area contributed by atoms with Gasteiger partial charge in [0.05, 0.1) is 4.92 Å². The maximum Gasteiger partial charge on any atom is 0.270 e. The molecule has 1 aliphatic rings. The van der Waals surface area contributed by atoms with Gasteiger partial charge in [0.25, 0.3) is 11.6 Å². The molecule has 2 aromatic carbocycles. The molecule has 2 aromatic rings. The number of phenolic OH excluding ortho intramolecular Hbond substituents is 1. The van der Waals surface area contributed by atoms with Gasteiger partial charge in [0, 0.05) is 40.4 Å². The maximum absolute atomic E-state index is 12.2. The number of hydrogen-bond donors (Lipinski definition) is 2. The van der Waals surface area contributed by atoms with Gasteiger partial charge in [-0.05, 0) is 36.3 Å². The number of carbonyl (C=O) groups is 1. The molecule has 24 heavy (non-hydrogen) atoms. The number of carbonyl (C=O) groups excluding carboxylic acids is 1. The Morgan fingerprint density at radius 3 is 2.75 bits per heavy atom. The largest absolute Gasteiger partial charge is 0.507 e. The van der Waals surface area contributed by atoms with Crippen molar-refractivity contribution in [2.75, 3.05) is 11.2 Å². The number of nitrogens with one attached hydrogen (secondary N) is 1. The number of nitrogens with zero attached hydrogens (tertiary/aromatic N) is 1. The predicted octanol–water partition coefficient (Wildman–Crippen LogP) is 3.57. The lowest BCUT2D eigenvalue weighted by Gasteiger charge is -2.04. The first-order valence-corrected chi connectivity index (χ1v) is 7.73. The Morgan fingerprint density at radius 1 is 1.25 bits per heavy atom. The zero-order chi connectivity index (χ0) is 17.3. The van der Waals surface area contributed by atoms with E-state index in [4.69, 9.17) is 11.6 Å². The molecule has 2 N–H and O–H groups in total. The van der Waals surface area contributed by atoms with Gasteiger partial charge in [0.15, 0.2) is 0 Å². The van der Waals surface area contributed by atoms with Crippen LogP contribution in [0.25, 0.3) is 11.6 Å². The van der Waals surface area contributed by atoms with Crippen LogP contribution in [0.3, 0.4) is 0 Å². The summed E-state index contributed by atoms with van der Waals surface area (Å²) in [4.78, 5) is 22.6. The SMILES string of the molecule is O=C1Nc2ccc(CCCl)cc2C1=Cc1cc([N+](=O)[O-])ccc1O. The van der Waals surface area contributed by atoms with Gasteiger partial charge >= 0.3 is 0 Å². The van der Waals surface area contributed by atoms with Gasteiger partial charge < -0.3 is 10.4 Å². The highest BCUT2D eigenvalue weighted by atomic mass is 35.5. The Hall–Kier alpha value is -2.86. The lowest BCUT2D eigenvalue weighted by molar-refractivity contribution is -0.384. The highest BCUT2D eigenvalue weighted by Crippen LogP contribution is 2.36. The second-order valence-electron chi connectivity index (χ2n) is 5.33. The van der Waals surface area contributed by atoms with Crippen LogP contribution in [-0.2, 0) is 11.2 Å². The number of nitro groups is 1. The average molecular weight is 345 g/mol. The summed E-state index contributed by atoms with van der Waals surface area (Å²) in [5.74, 6) is 0.00965. The highest BCUT2D eigenvalue weighted by molar-refractivity contribution is 6.35. The second-order valence-corrected chi connectivity index (χ2v) is 5.71. The number of non-ortho nitro benzene ring substituents is 1. The zero-order valence-corrected chi connectivity index (χ0v) is 13.2. The van der Waals surface area contributed by atoms with E-state index in [1.807, 2.05) is 12.1 Å². The summed E-state index contributed by atoms with van der Waals surface area (Å²) < 4.78 is 0. The van der Waals surface area contributed by atoms with Gasteiger partial charge in [-0.2, -0.15) is 0 Å². The van der Waals surface area contributed by atoms with E-state index in [0.29, 0.717) is 29.1 Å². The third kappa shape index (κ3) is 2.96. The van der Waals surface area contributed by atoms with Crippen LogP contribution in [0.15, 0.2) is 36.4 Å². The fourth-order valence-electron chi connectivity index (χ4n) is 2.57. The number of aryl methyl sites for hydroxylation is 1. The Kier molecular flexibility index (Phi) is 4.22. The topological polar surface area (TPSA) is 92.5 Å². The van der Waals surface area contributed by atoms with E-state index < -0.39 is 4.92 Å². The second kappa shape index (κ2) is 6.33. The van der Waals surface area contributed by atoms with Gasteiger partial charge in [-0.3, -0.25) is 14.9 Å². The number of nitro benzene ring substituents is 1. The molecule has 0 unspecified atom stereocenters. The molecular weight excluding hydrogens is 332 g/mol. The Bertz CT molecular complexity index is 877. The number of aromatic hydroxyl groups is 1. The first-order valence-electron chi connectivity index (χ1n) is 7.19. The number of hydrogen-bond acceptors (Lipinski definition) is 4. The average Bonchev–Trinajstić information content (AvgIpc) is 2.85. The molecule has 1 amide bonds. The summed E-state index contributed by atoms with van der Waals surface area (Å²) in [6.45, 7) is 0. The number of phenols is 1. The third-order valence-corrected chi connectivity index (χ3v) is 3.96. The van der Waals surface area contributed by atoms with Crippen LogP contribution in [-0.4, -0.2) is 21.8 Å². The van der Waals surface area contributed by atoms with Crippen molar-refractivity contribution in [3.63, 3.8) is 0 Å².